The van der Waals surface area contributed by atoms with Crippen molar-refractivity contribution in [1.29, 1.82) is 0 Å². The minimum absolute atomic E-state index is 0.166. The normalized spacial score (nSPS) is 11.6. The highest BCUT2D eigenvalue weighted by Crippen LogP contribution is 2.34. The van der Waals surface area contributed by atoms with Crippen LogP contribution in [0.25, 0.3) is 0 Å². The molecular weight excluding hydrogens is 406 g/mol. The minimum atomic E-state index is -0.320. The highest BCUT2D eigenvalue weighted by molar-refractivity contribution is 9.09. The van der Waals surface area contributed by atoms with Crippen molar-refractivity contribution in [2.24, 2.45) is 0 Å². The molecule has 0 saturated heterocycles. The van der Waals surface area contributed by atoms with E-state index in [1.807, 2.05) is 36.4 Å². The number of rotatable bonds is 5. The summed E-state index contributed by atoms with van der Waals surface area (Å²) < 4.78 is 14.2. The van der Waals surface area contributed by atoms with Crippen LogP contribution in [0.15, 0.2) is 48.5 Å². The van der Waals surface area contributed by atoms with Crippen LogP contribution in [-0.4, -0.2) is 10.7 Å². The molecule has 0 bridgehead atoms. The third kappa shape index (κ3) is 3.44. The van der Waals surface area contributed by atoms with Crippen LogP contribution in [0.1, 0.15) is 11.1 Å². The van der Waals surface area contributed by atoms with Crippen LogP contribution in [0.4, 0.5) is 4.39 Å². The van der Waals surface area contributed by atoms with E-state index in [2.05, 4.69) is 31.9 Å². The first kappa shape index (κ1) is 16.0. The van der Waals surface area contributed by atoms with Gasteiger partial charge in [0.25, 0.3) is 0 Å². The summed E-state index contributed by atoms with van der Waals surface area (Å²) in [6.07, 6.45) is 0.738. The van der Waals surface area contributed by atoms with Gasteiger partial charge in [0.1, 0.15) is 5.82 Å². The molecule has 2 rings (SSSR count). The molecule has 2 aromatic rings. The smallest absolute Gasteiger partial charge is 0.127 e. The molecule has 20 heavy (non-hydrogen) atoms. The standard InChI is InChI=1S/C16H14Br2ClF/c17-10-16(11-18,14-3-1-2-4-15(14)20)9-12-5-7-13(19)8-6-12/h1-8H,9-11H2. The molecule has 2 aromatic carbocycles. The third-order valence-corrected chi connectivity index (χ3v) is 5.81. The minimum Gasteiger partial charge on any atom is -0.207 e. The van der Waals surface area contributed by atoms with Crippen molar-refractivity contribution in [2.45, 2.75) is 11.8 Å². The van der Waals surface area contributed by atoms with Crippen LogP contribution in [0.2, 0.25) is 5.02 Å². The van der Waals surface area contributed by atoms with Crippen molar-refractivity contribution in [3.8, 4) is 0 Å². The van der Waals surface area contributed by atoms with Gasteiger partial charge in [0, 0.05) is 21.1 Å². The summed E-state index contributed by atoms with van der Waals surface area (Å²) in [5, 5.41) is 2.06. The molecule has 0 spiro atoms. The van der Waals surface area contributed by atoms with Gasteiger partial charge in [0.2, 0.25) is 0 Å². The second-order valence-electron chi connectivity index (χ2n) is 4.83. The molecule has 0 atom stereocenters. The predicted octanol–water partition coefficient (Wildman–Crippen LogP) is 5.75. The zero-order valence-corrected chi connectivity index (χ0v) is 14.7. The second kappa shape index (κ2) is 7.06. The van der Waals surface area contributed by atoms with Crippen molar-refractivity contribution in [3.63, 3.8) is 0 Å². The van der Waals surface area contributed by atoms with E-state index in [4.69, 9.17) is 11.6 Å². The van der Waals surface area contributed by atoms with Crippen molar-refractivity contribution in [3.05, 3.63) is 70.5 Å². The van der Waals surface area contributed by atoms with Gasteiger partial charge in [-0.2, -0.15) is 0 Å². The van der Waals surface area contributed by atoms with Crippen molar-refractivity contribution >= 4 is 43.5 Å². The van der Waals surface area contributed by atoms with E-state index < -0.39 is 0 Å². The zero-order valence-electron chi connectivity index (χ0n) is 10.8. The molecule has 4 heteroatoms. The monoisotopic (exact) mass is 418 g/mol. The summed E-state index contributed by atoms with van der Waals surface area (Å²) in [7, 11) is 0. The van der Waals surface area contributed by atoms with Gasteiger partial charge >= 0.3 is 0 Å². The average molecular weight is 421 g/mol. The number of benzene rings is 2. The molecule has 106 valence electrons. The molecule has 0 aliphatic heterocycles. The number of alkyl halides is 2. The van der Waals surface area contributed by atoms with E-state index in [0.717, 1.165) is 17.5 Å². The number of hydrogen-bond acceptors (Lipinski definition) is 0. The number of hydrogen-bond donors (Lipinski definition) is 0. The lowest BCUT2D eigenvalue weighted by Crippen LogP contribution is -2.34. The molecule has 0 fully saturated rings. The molecule has 0 N–H and O–H groups in total. The molecule has 0 saturated carbocycles. The Bertz CT molecular complexity index is 565. The third-order valence-electron chi connectivity index (χ3n) is 3.41. The van der Waals surface area contributed by atoms with Crippen LogP contribution in [-0.2, 0) is 11.8 Å². The highest BCUT2D eigenvalue weighted by Gasteiger charge is 2.32. The van der Waals surface area contributed by atoms with E-state index in [0.29, 0.717) is 15.7 Å². The molecule has 0 aliphatic rings. The van der Waals surface area contributed by atoms with Crippen molar-refractivity contribution < 1.29 is 4.39 Å². The van der Waals surface area contributed by atoms with Gasteiger partial charge in [-0.1, -0.05) is 73.8 Å². The van der Waals surface area contributed by atoms with E-state index in [-0.39, 0.29) is 11.2 Å². The predicted molar refractivity (Wildman–Crippen MR) is 90.8 cm³/mol. The van der Waals surface area contributed by atoms with Gasteiger partial charge in [-0.3, -0.25) is 0 Å². The lowest BCUT2D eigenvalue weighted by atomic mass is 9.79. The molecule has 0 nitrogen and oxygen atoms in total. The van der Waals surface area contributed by atoms with Crippen LogP contribution < -0.4 is 0 Å². The first-order chi connectivity index (χ1) is 9.61. The van der Waals surface area contributed by atoms with Crippen molar-refractivity contribution in [1.82, 2.24) is 0 Å². The summed E-state index contributed by atoms with van der Waals surface area (Å²) in [6, 6.07) is 14.7. The van der Waals surface area contributed by atoms with Gasteiger partial charge < -0.3 is 0 Å². The Morgan fingerprint density at radius 3 is 2.10 bits per heavy atom. The average Bonchev–Trinajstić information content (AvgIpc) is 2.48. The van der Waals surface area contributed by atoms with Gasteiger partial charge in [-0.05, 0) is 35.7 Å². The van der Waals surface area contributed by atoms with Gasteiger partial charge in [0.15, 0.2) is 0 Å². The van der Waals surface area contributed by atoms with Crippen molar-refractivity contribution in [2.75, 3.05) is 10.7 Å². The quantitative estimate of drug-likeness (QED) is 0.541. The fourth-order valence-electron chi connectivity index (χ4n) is 2.25. The second-order valence-corrected chi connectivity index (χ2v) is 6.39. The molecule has 0 heterocycles. The first-order valence-electron chi connectivity index (χ1n) is 6.23. The number of halogens is 4. The fraction of sp³-hybridized carbons (Fsp3) is 0.250. The molecular formula is C16H14Br2ClF. The Morgan fingerprint density at radius 2 is 1.55 bits per heavy atom. The molecule has 0 aromatic heterocycles. The largest absolute Gasteiger partial charge is 0.207 e. The van der Waals surface area contributed by atoms with E-state index >= 15 is 0 Å². The maximum absolute atomic E-state index is 14.2. The lowest BCUT2D eigenvalue weighted by Gasteiger charge is -2.31. The highest BCUT2D eigenvalue weighted by atomic mass is 79.9. The van der Waals surface area contributed by atoms with Gasteiger partial charge in [-0.25, -0.2) is 4.39 Å². The lowest BCUT2D eigenvalue weighted by molar-refractivity contribution is 0.501. The van der Waals surface area contributed by atoms with Gasteiger partial charge in [-0.15, -0.1) is 0 Å². The van der Waals surface area contributed by atoms with Crippen LogP contribution >= 0.6 is 43.5 Å². The molecule has 0 amide bonds. The Morgan fingerprint density at radius 1 is 0.950 bits per heavy atom. The van der Waals surface area contributed by atoms with E-state index in [1.54, 1.807) is 6.07 Å². The molecule has 0 radical (unpaired) electrons. The van der Waals surface area contributed by atoms with E-state index in [9.17, 15) is 4.39 Å². The van der Waals surface area contributed by atoms with E-state index in [1.165, 1.54) is 6.07 Å². The maximum Gasteiger partial charge on any atom is 0.127 e. The summed E-state index contributed by atoms with van der Waals surface area (Å²) in [4.78, 5) is 0. The van der Waals surface area contributed by atoms with Crippen LogP contribution in [0.3, 0.4) is 0 Å². The SMILES string of the molecule is Fc1ccccc1C(CBr)(CBr)Cc1ccc(Cl)cc1. The molecule has 0 aliphatic carbocycles. The zero-order chi connectivity index (χ0) is 14.6. The summed E-state index contributed by atoms with van der Waals surface area (Å²) in [5.41, 5.74) is 1.54. The Balaban J connectivity index is 2.39. The molecule has 0 unspecified atom stereocenters. The van der Waals surface area contributed by atoms with Crippen LogP contribution in [0, 0.1) is 5.82 Å². The maximum atomic E-state index is 14.2. The Labute approximate surface area is 140 Å². The fourth-order valence-corrected chi connectivity index (χ4v) is 4.31. The Hall–Kier alpha value is -0.380. The van der Waals surface area contributed by atoms with Crippen LogP contribution in [0.5, 0.6) is 0 Å². The first-order valence-corrected chi connectivity index (χ1v) is 8.85. The summed E-state index contributed by atoms with van der Waals surface area (Å²) in [6.45, 7) is 0. The summed E-state index contributed by atoms with van der Waals surface area (Å²) >= 11 is 13.0. The topological polar surface area (TPSA) is 0 Å². The van der Waals surface area contributed by atoms with Gasteiger partial charge in [0.05, 0.1) is 0 Å². The summed E-state index contributed by atoms with van der Waals surface area (Å²) in [5.74, 6) is -0.166. The Kier molecular flexibility index (Phi) is 5.65.